The second-order valence-corrected chi connectivity index (χ2v) is 8.13. The Labute approximate surface area is 185 Å². The lowest BCUT2D eigenvalue weighted by Crippen LogP contribution is -2.50. The zero-order valence-electron chi connectivity index (χ0n) is 16.4. The van der Waals surface area contributed by atoms with Gasteiger partial charge < -0.3 is 15.0 Å². The molecule has 2 rings (SSSR count). The normalized spacial score (nSPS) is 11.8. The Kier molecular flexibility index (Phi) is 8.62. The van der Waals surface area contributed by atoms with Crippen LogP contribution in [0.3, 0.4) is 0 Å². The van der Waals surface area contributed by atoms with E-state index in [0.29, 0.717) is 20.8 Å². The van der Waals surface area contributed by atoms with Crippen molar-refractivity contribution in [3.63, 3.8) is 0 Å². The highest BCUT2D eigenvalue weighted by Gasteiger charge is 2.27. The minimum absolute atomic E-state index is 0.0402. The third-order valence-corrected chi connectivity index (χ3v) is 4.89. The van der Waals surface area contributed by atoms with Gasteiger partial charge in [0.15, 0.2) is 6.61 Å². The van der Waals surface area contributed by atoms with E-state index in [1.54, 1.807) is 31.2 Å². The molecule has 2 amide bonds. The van der Waals surface area contributed by atoms with E-state index in [0.717, 1.165) is 5.56 Å². The summed E-state index contributed by atoms with van der Waals surface area (Å²) >= 11 is 17.9. The predicted molar refractivity (Wildman–Crippen MR) is 117 cm³/mol. The molecule has 29 heavy (non-hydrogen) atoms. The molecule has 8 heteroatoms. The van der Waals surface area contributed by atoms with E-state index in [4.69, 9.17) is 39.5 Å². The van der Waals surface area contributed by atoms with Gasteiger partial charge in [0.1, 0.15) is 11.8 Å². The Bertz CT molecular complexity index is 857. The maximum Gasteiger partial charge on any atom is 0.261 e. The van der Waals surface area contributed by atoms with Crippen molar-refractivity contribution in [3.05, 3.63) is 63.1 Å². The zero-order valence-corrected chi connectivity index (χ0v) is 18.7. The molecule has 0 bridgehead atoms. The molecular formula is C21H23Cl3N2O3. The number of carbonyl (C=O) groups is 2. The lowest BCUT2D eigenvalue weighted by atomic mass is 10.1. The van der Waals surface area contributed by atoms with Gasteiger partial charge in [-0.1, -0.05) is 46.9 Å². The molecule has 0 spiro atoms. The van der Waals surface area contributed by atoms with Gasteiger partial charge in [0.05, 0.1) is 5.02 Å². The van der Waals surface area contributed by atoms with Crippen LogP contribution in [0.1, 0.15) is 26.3 Å². The lowest BCUT2D eigenvalue weighted by molar-refractivity contribution is -0.142. The van der Waals surface area contributed by atoms with Gasteiger partial charge in [-0.3, -0.25) is 9.59 Å². The fourth-order valence-electron chi connectivity index (χ4n) is 2.59. The van der Waals surface area contributed by atoms with Crippen molar-refractivity contribution in [2.24, 2.45) is 0 Å². The summed E-state index contributed by atoms with van der Waals surface area (Å²) in [5.41, 5.74) is 0.844. The minimum Gasteiger partial charge on any atom is -0.482 e. The van der Waals surface area contributed by atoms with Gasteiger partial charge in [0.2, 0.25) is 5.91 Å². The molecule has 5 nitrogen and oxygen atoms in total. The summed E-state index contributed by atoms with van der Waals surface area (Å²) in [6.45, 7) is 5.37. The van der Waals surface area contributed by atoms with Crippen LogP contribution in [-0.2, 0) is 16.1 Å². The number of hydrogen-bond donors (Lipinski definition) is 1. The van der Waals surface area contributed by atoms with Crippen molar-refractivity contribution in [1.82, 2.24) is 10.2 Å². The molecule has 0 heterocycles. The van der Waals surface area contributed by atoms with E-state index in [2.05, 4.69) is 5.32 Å². The van der Waals surface area contributed by atoms with Gasteiger partial charge in [0, 0.05) is 22.6 Å². The fraction of sp³-hybridized carbons (Fsp3) is 0.333. The number of amides is 2. The van der Waals surface area contributed by atoms with Gasteiger partial charge in [-0.2, -0.15) is 0 Å². The van der Waals surface area contributed by atoms with Crippen LogP contribution in [0.5, 0.6) is 5.75 Å². The molecule has 0 radical (unpaired) electrons. The van der Waals surface area contributed by atoms with Crippen LogP contribution in [0.25, 0.3) is 0 Å². The lowest BCUT2D eigenvalue weighted by Gasteiger charge is -2.29. The molecule has 1 atom stereocenters. The third-order valence-electron chi connectivity index (χ3n) is 4.11. The van der Waals surface area contributed by atoms with Crippen molar-refractivity contribution < 1.29 is 14.3 Å². The van der Waals surface area contributed by atoms with Crippen LogP contribution in [0.15, 0.2) is 42.5 Å². The van der Waals surface area contributed by atoms with Crippen LogP contribution in [0, 0.1) is 0 Å². The third kappa shape index (κ3) is 7.11. The maximum atomic E-state index is 12.9. The average Bonchev–Trinajstić information content (AvgIpc) is 2.65. The molecular weight excluding hydrogens is 435 g/mol. The second-order valence-electron chi connectivity index (χ2n) is 6.85. The van der Waals surface area contributed by atoms with Crippen LogP contribution >= 0.6 is 34.8 Å². The summed E-state index contributed by atoms with van der Waals surface area (Å²) in [4.78, 5) is 26.9. The van der Waals surface area contributed by atoms with Crippen LogP contribution < -0.4 is 10.1 Å². The molecule has 1 unspecified atom stereocenters. The summed E-state index contributed by atoms with van der Waals surface area (Å²) < 4.78 is 5.57. The minimum atomic E-state index is -0.690. The molecule has 0 saturated carbocycles. The van der Waals surface area contributed by atoms with E-state index in [9.17, 15) is 9.59 Å². The maximum absolute atomic E-state index is 12.9. The molecule has 0 fully saturated rings. The van der Waals surface area contributed by atoms with E-state index >= 15 is 0 Å². The highest BCUT2D eigenvalue weighted by Crippen LogP contribution is 2.27. The first-order valence-corrected chi connectivity index (χ1v) is 10.2. The molecule has 0 aromatic heterocycles. The monoisotopic (exact) mass is 456 g/mol. The first kappa shape index (κ1) is 23.3. The van der Waals surface area contributed by atoms with Crippen molar-refractivity contribution in [2.75, 3.05) is 6.61 Å². The van der Waals surface area contributed by atoms with Crippen molar-refractivity contribution in [1.29, 1.82) is 0 Å². The Morgan fingerprint density at radius 1 is 1.00 bits per heavy atom. The molecule has 2 aromatic rings. The number of nitrogens with zero attached hydrogens (tertiary/aromatic N) is 1. The van der Waals surface area contributed by atoms with Gasteiger partial charge in [-0.25, -0.2) is 0 Å². The van der Waals surface area contributed by atoms with Crippen LogP contribution in [-0.4, -0.2) is 35.4 Å². The zero-order chi connectivity index (χ0) is 21.6. The number of rotatable bonds is 8. The Morgan fingerprint density at radius 2 is 1.62 bits per heavy atom. The molecule has 156 valence electrons. The van der Waals surface area contributed by atoms with Gasteiger partial charge in [-0.05, 0) is 56.7 Å². The summed E-state index contributed by atoms with van der Waals surface area (Å²) in [6.07, 6.45) is 0. The number of hydrogen-bond acceptors (Lipinski definition) is 3. The summed E-state index contributed by atoms with van der Waals surface area (Å²) in [7, 11) is 0. The quantitative estimate of drug-likeness (QED) is 0.609. The SMILES string of the molecule is CC(C)NC(=O)C(C)N(Cc1ccc(Cl)cc1)C(=O)COc1ccc(Cl)cc1Cl. The predicted octanol–water partition coefficient (Wildman–Crippen LogP) is 4.97. The number of ether oxygens (including phenoxy) is 1. The number of carbonyl (C=O) groups excluding carboxylic acids is 2. The number of halogens is 3. The fourth-order valence-corrected chi connectivity index (χ4v) is 3.18. The van der Waals surface area contributed by atoms with E-state index in [1.807, 2.05) is 26.0 Å². The Hall–Kier alpha value is -1.95. The van der Waals surface area contributed by atoms with E-state index in [1.165, 1.54) is 11.0 Å². The molecule has 0 aliphatic rings. The standard InChI is InChI=1S/C21H23Cl3N2O3/c1-13(2)25-21(28)14(3)26(11-15-4-6-16(22)7-5-15)20(27)12-29-19-9-8-17(23)10-18(19)24/h4-10,13-14H,11-12H2,1-3H3,(H,25,28). The Morgan fingerprint density at radius 3 is 2.21 bits per heavy atom. The first-order chi connectivity index (χ1) is 13.7. The average molecular weight is 458 g/mol. The van der Waals surface area contributed by atoms with Gasteiger partial charge in [-0.15, -0.1) is 0 Å². The molecule has 1 N–H and O–H groups in total. The molecule has 2 aromatic carbocycles. The van der Waals surface area contributed by atoms with Crippen molar-refractivity contribution >= 4 is 46.6 Å². The second kappa shape index (κ2) is 10.7. The number of benzene rings is 2. The summed E-state index contributed by atoms with van der Waals surface area (Å²) in [5.74, 6) is -0.251. The van der Waals surface area contributed by atoms with Gasteiger partial charge in [0.25, 0.3) is 5.91 Å². The molecule has 0 aliphatic carbocycles. The molecule has 0 aliphatic heterocycles. The van der Waals surface area contributed by atoms with E-state index in [-0.39, 0.29) is 31.0 Å². The molecule has 0 saturated heterocycles. The highest BCUT2D eigenvalue weighted by molar-refractivity contribution is 6.35. The van der Waals surface area contributed by atoms with E-state index < -0.39 is 6.04 Å². The van der Waals surface area contributed by atoms with Crippen LogP contribution in [0.4, 0.5) is 0 Å². The Balaban J connectivity index is 2.16. The first-order valence-electron chi connectivity index (χ1n) is 9.09. The van der Waals surface area contributed by atoms with Crippen molar-refractivity contribution in [2.45, 2.75) is 39.4 Å². The summed E-state index contributed by atoms with van der Waals surface area (Å²) in [5, 5.41) is 4.20. The van der Waals surface area contributed by atoms with Crippen LogP contribution in [0.2, 0.25) is 15.1 Å². The number of nitrogens with one attached hydrogen (secondary N) is 1. The van der Waals surface area contributed by atoms with Crippen molar-refractivity contribution in [3.8, 4) is 5.75 Å². The van der Waals surface area contributed by atoms with Gasteiger partial charge >= 0.3 is 0 Å². The largest absolute Gasteiger partial charge is 0.482 e. The smallest absolute Gasteiger partial charge is 0.261 e. The topological polar surface area (TPSA) is 58.6 Å². The summed E-state index contributed by atoms with van der Waals surface area (Å²) in [6, 6.07) is 11.1. The highest BCUT2D eigenvalue weighted by atomic mass is 35.5.